The van der Waals surface area contributed by atoms with Gasteiger partial charge in [0.15, 0.2) is 0 Å². The minimum atomic E-state index is -0.810. The fourth-order valence-corrected chi connectivity index (χ4v) is 4.39. The first-order valence-corrected chi connectivity index (χ1v) is 9.80. The molecule has 2 aliphatic heterocycles. The molecule has 2 atom stereocenters. The van der Waals surface area contributed by atoms with Crippen LogP contribution in [0.5, 0.6) is 5.75 Å². The van der Waals surface area contributed by atoms with E-state index in [0.717, 1.165) is 48.6 Å². The first-order chi connectivity index (χ1) is 11.6. The Balaban J connectivity index is 1.61. The van der Waals surface area contributed by atoms with Crippen LogP contribution in [0.2, 0.25) is 0 Å². The van der Waals surface area contributed by atoms with Crippen LogP contribution in [0.4, 0.5) is 0 Å². The smallest absolute Gasteiger partial charge is 0.321 e. The highest BCUT2D eigenvalue weighted by Crippen LogP contribution is 2.39. The van der Waals surface area contributed by atoms with Crippen LogP contribution in [0.15, 0.2) is 22.7 Å². The van der Waals surface area contributed by atoms with Gasteiger partial charge in [0.25, 0.3) is 0 Å². The first kappa shape index (κ1) is 18.0. The van der Waals surface area contributed by atoms with E-state index in [1.54, 1.807) is 11.8 Å². The maximum absolute atomic E-state index is 11.1. The number of aliphatic carboxylic acids is 1. The Morgan fingerprint density at radius 1 is 1.46 bits per heavy atom. The second-order valence-electron chi connectivity index (χ2n) is 5.76. The molecular weight excluding hydrogens is 396 g/mol. The van der Waals surface area contributed by atoms with E-state index in [2.05, 4.69) is 26.1 Å². The molecule has 0 spiro atoms. The van der Waals surface area contributed by atoms with Crippen molar-refractivity contribution in [3.8, 4) is 5.75 Å². The van der Waals surface area contributed by atoms with Gasteiger partial charge in [-0.2, -0.15) is 0 Å². The van der Waals surface area contributed by atoms with Gasteiger partial charge in [-0.05, 0) is 18.2 Å². The summed E-state index contributed by atoms with van der Waals surface area (Å²) in [5.41, 5.74) is 0.986. The molecule has 3 rings (SSSR count). The van der Waals surface area contributed by atoms with E-state index in [9.17, 15) is 4.79 Å². The minimum Gasteiger partial charge on any atom is -0.492 e. The molecule has 132 valence electrons. The fraction of sp³-hybridized carbons (Fsp3) is 0.562. The second-order valence-corrected chi connectivity index (χ2v) is 7.81. The van der Waals surface area contributed by atoms with Crippen molar-refractivity contribution in [2.24, 2.45) is 0 Å². The van der Waals surface area contributed by atoms with Crippen molar-refractivity contribution in [3.63, 3.8) is 0 Å². The van der Waals surface area contributed by atoms with E-state index in [1.807, 2.05) is 18.2 Å². The van der Waals surface area contributed by atoms with Gasteiger partial charge in [-0.3, -0.25) is 15.0 Å². The number of carboxylic acids is 1. The average molecular weight is 417 g/mol. The molecular formula is C16H21BrN2O4S. The van der Waals surface area contributed by atoms with Gasteiger partial charge in [0.1, 0.15) is 18.4 Å². The number of carboxylic acid groups (broad SMARTS) is 1. The maximum Gasteiger partial charge on any atom is 0.321 e. The summed E-state index contributed by atoms with van der Waals surface area (Å²) >= 11 is 5.08. The number of nitrogens with zero attached hydrogens (tertiary/aromatic N) is 1. The number of benzene rings is 1. The average Bonchev–Trinajstić information content (AvgIpc) is 3.07. The zero-order chi connectivity index (χ0) is 16.9. The summed E-state index contributed by atoms with van der Waals surface area (Å²) in [6.07, 6.45) is 0. The predicted molar refractivity (Wildman–Crippen MR) is 96.7 cm³/mol. The Hall–Kier alpha value is -0.800. The highest BCUT2D eigenvalue weighted by atomic mass is 79.9. The third-order valence-electron chi connectivity index (χ3n) is 4.10. The standard InChI is InChI=1S/C16H21BrN2O4S/c17-11-1-2-14(23-8-5-19-3-6-22-7-4-19)12(9-11)15-18-13(10-24-15)16(20)21/h1-2,9,13,15,18H,3-8,10H2,(H,20,21). The lowest BCUT2D eigenvalue weighted by Crippen LogP contribution is -2.38. The van der Waals surface area contributed by atoms with Crippen LogP contribution in [0.25, 0.3) is 0 Å². The second kappa shape index (κ2) is 8.53. The van der Waals surface area contributed by atoms with Crippen molar-refractivity contribution in [2.45, 2.75) is 11.4 Å². The van der Waals surface area contributed by atoms with Crippen molar-refractivity contribution < 1.29 is 19.4 Å². The lowest BCUT2D eigenvalue weighted by Gasteiger charge is -2.26. The summed E-state index contributed by atoms with van der Waals surface area (Å²) in [7, 11) is 0. The zero-order valence-electron chi connectivity index (χ0n) is 13.2. The minimum absolute atomic E-state index is 0.0676. The van der Waals surface area contributed by atoms with E-state index in [4.69, 9.17) is 14.6 Å². The molecule has 2 fully saturated rings. The Kier molecular flexibility index (Phi) is 6.40. The van der Waals surface area contributed by atoms with E-state index >= 15 is 0 Å². The Morgan fingerprint density at radius 2 is 2.25 bits per heavy atom. The molecule has 2 unspecified atom stereocenters. The summed E-state index contributed by atoms with van der Waals surface area (Å²) in [5, 5.41) is 12.2. The van der Waals surface area contributed by atoms with Crippen LogP contribution < -0.4 is 10.1 Å². The maximum atomic E-state index is 11.1. The summed E-state index contributed by atoms with van der Waals surface area (Å²) < 4.78 is 12.3. The lowest BCUT2D eigenvalue weighted by atomic mass is 10.2. The van der Waals surface area contributed by atoms with Gasteiger partial charge in [-0.15, -0.1) is 11.8 Å². The van der Waals surface area contributed by atoms with Crippen LogP contribution >= 0.6 is 27.7 Å². The van der Waals surface area contributed by atoms with Crippen LogP contribution in [0.1, 0.15) is 10.9 Å². The van der Waals surface area contributed by atoms with Gasteiger partial charge in [-0.25, -0.2) is 0 Å². The van der Waals surface area contributed by atoms with Gasteiger partial charge >= 0.3 is 5.97 Å². The number of morpholine rings is 1. The lowest BCUT2D eigenvalue weighted by molar-refractivity contribution is -0.138. The molecule has 2 aliphatic rings. The molecule has 8 heteroatoms. The SMILES string of the molecule is O=C(O)C1CSC(c2cc(Br)ccc2OCCN2CCOCC2)N1. The predicted octanol–water partition coefficient (Wildman–Crippen LogP) is 1.95. The zero-order valence-corrected chi connectivity index (χ0v) is 15.6. The van der Waals surface area contributed by atoms with Crippen LogP contribution in [-0.2, 0) is 9.53 Å². The van der Waals surface area contributed by atoms with Crippen molar-refractivity contribution in [3.05, 3.63) is 28.2 Å². The molecule has 2 saturated heterocycles. The van der Waals surface area contributed by atoms with Crippen molar-refractivity contribution >= 4 is 33.7 Å². The van der Waals surface area contributed by atoms with Crippen molar-refractivity contribution in [1.29, 1.82) is 0 Å². The van der Waals surface area contributed by atoms with Crippen LogP contribution in [0.3, 0.4) is 0 Å². The van der Waals surface area contributed by atoms with Crippen molar-refractivity contribution in [1.82, 2.24) is 10.2 Å². The van der Waals surface area contributed by atoms with Crippen LogP contribution in [-0.4, -0.2) is 67.2 Å². The molecule has 0 bridgehead atoms. The Morgan fingerprint density at radius 3 is 2.96 bits per heavy atom. The molecule has 6 nitrogen and oxygen atoms in total. The molecule has 24 heavy (non-hydrogen) atoms. The van der Waals surface area contributed by atoms with Gasteiger partial charge in [0, 0.05) is 35.4 Å². The summed E-state index contributed by atoms with van der Waals surface area (Å²) in [4.78, 5) is 13.5. The largest absolute Gasteiger partial charge is 0.492 e. The van der Waals surface area contributed by atoms with Crippen LogP contribution in [0, 0.1) is 0 Å². The van der Waals surface area contributed by atoms with Gasteiger partial charge < -0.3 is 14.6 Å². The number of ether oxygens (including phenoxy) is 2. The fourth-order valence-electron chi connectivity index (χ4n) is 2.76. The molecule has 0 aromatic heterocycles. The highest BCUT2D eigenvalue weighted by molar-refractivity contribution is 9.10. The molecule has 0 amide bonds. The number of nitrogens with one attached hydrogen (secondary N) is 1. The third-order valence-corrected chi connectivity index (χ3v) is 5.85. The summed E-state index contributed by atoms with van der Waals surface area (Å²) in [6, 6.07) is 5.37. The number of halogens is 1. The Bertz CT molecular complexity index is 583. The van der Waals surface area contributed by atoms with Gasteiger partial charge in [0.05, 0.1) is 18.6 Å². The van der Waals surface area contributed by atoms with Crippen molar-refractivity contribution in [2.75, 3.05) is 45.2 Å². The molecule has 1 aromatic carbocycles. The molecule has 2 heterocycles. The molecule has 0 aliphatic carbocycles. The monoisotopic (exact) mass is 416 g/mol. The molecule has 2 N–H and O–H groups in total. The topological polar surface area (TPSA) is 71.0 Å². The van der Waals surface area contributed by atoms with Gasteiger partial charge in [0.2, 0.25) is 0 Å². The first-order valence-electron chi connectivity index (χ1n) is 7.96. The number of carbonyl (C=O) groups is 1. The van der Waals surface area contributed by atoms with Gasteiger partial charge in [-0.1, -0.05) is 15.9 Å². The molecule has 0 saturated carbocycles. The normalized spacial score (nSPS) is 24.9. The summed E-state index contributed by atoms with van der Waals surface area (Å²) in [6.45, 7) is 4.91. The third kappa shape index (κ3) is 4.64. The number of hydrogen-bond acceptors (Lipinski definition) is 6. The quantitative estimate of drug-likeness (QED) is 0.733. The number of thioether (sulfide) groups is 1. The van der Waals surface area contributed by atoms with E-state index < -0.39 is 12.0 Å². The summed E-state index contributed by atoms with van der Waals surface area (Å²) in [5.74, 6) is 0.553. The Labute approximate surface area is 154 Å². The number of hydrogen-bond donors (Lipinski definition) is 2. The molecule has 1 aromatic rings. The van der Waals surface area contributed by atoms with E-state index in [0.29, 0.717) is 12.4 Å². The van der Waals surface area contributed by atoms with E-state index in [1.165, 1.54) is 0 Å². The highest BCUT2D eigenvalue weighted by Gasteiger charge is 2.32. The number of rotatable bonds is 6. The van der Waals surface area contributed by atoms with E-state index in [-0.39, 0.29) is 5.37 Å². The molecule has 0 radical (unpaired) electrons.